The SMILES string of the molecule is COc1cccc(CNCCCSc2nnnn2-c2ccccc2)c1OCc1ccccc1F. The highest BCUT2D eigenvalue weighted by Crippen LogP contribution is 2.32. The van der Waals surface area contributed by atoms with Crippen molar-refractivity contribution in [2.24, 2.45) is 0 Å². The van der Waals surface area contributed by atoms with Gasteiger partial charge in [-0.25, -0.2) is 4.39 Å². The Labute approximate surface area is 202 Å². The van der Waals surface area contributed by atoms with Gasteiger partial charge >= 0.3 is 0 Å². The van der Waals surface area contributed by atoms with Gasteiger partial charge in [-0.1, -0.05) is 60.3 Å². The van der Waals surface area contributed by atoms with Crippen molar-refractivity contribution in [3.8, 4) is 17.2 Å². The van der Waals surface area contributed by atoms with E-state index in [4.69, 9.17) is 9.47 Å². The van der Waals surface area contributed by atoms with Crippen molar-refractivity contribution in [1.29, 1.82) is 0 Å². The smallest absolute Gasteiger partial charge is 0.214 e. The van der Waals surface area contributed by atoms with Crippen molar-refractivity contribution in [2.75, 3.05) is 19.4 Å². The molecule has 7 nitrogen and oxygen atoms in total. The van der Waals surface area contributed by atoms with Crippen LogP contribution in [0.25, 0.3) is 5.69 Å². The molecule has 0 spiro atoms. The first kappa shape index (κ1) is 23.7. The summed E-state index contributed by atoms with van der Waals surface area (Å²) in [6.45, 7) is 1.55. The number of nitrogens with zero attached hydrogens (tertiary/aromatic N) is 4. The van der Waals surface area contributed by atoms with E-state index < -0.39 is 0 Å². The van der Waals surface area contributed by atoms with Crippen LogP contribution in [0.15, 0.2) is 78.0 Å². The van der Waals surface area contributed by atoms with Crippen molar-refractivity contribution in [3.63, 3.8) is 0 Å². The average molecular weight is 480 g/mol. The van der Waals surface area contributed by atoms with Crippen LogP contribution in [0.1, 0.15) is 17.5 Å². The minimum absolute atomic E-state index is 0.132. The second-order valence-electron chi connectivity index (χ2n) is 7.42. The van der Waals surface area contributed by atoms with E-state index in [-0.39, 0.29) is 12.4 Å². The van der Waals surface area contributed by atoms with E-state index in [1.54, 1.807) is 41.8 Å². The zero-order valence-corrected chi connectivity index (χ0v) is 19.7. The number of rotatable bonds is 12. The van der Waals surface area contributed by atoms with Crippen LogP contribution in [0.5, 0.6) is 11.5 Å². The molecule has 4 aromatic rings. The van der Waals surface area contributed by atoms with Crippen LogP contribution in [0.3, 0.4) is 0 Å². The zero-order valence-electron chi connectivity index (χ0n) is 18.9. The molecule has 4 rings (SSSR count). The Morgan fingerprint density at radius 3 is 2.59 bits per heavy atom. The summed E-state index contributed by atoms with van der Waals surface area (Å²) in [6.07, 6.45) is 0.932. The zero-order chi connectivity index (χ0) is 23.6. The van der Waals surface area contributed by atoms with Crippen LogP contribution < -0.4 is 14.8 Å². The number of nitrogens with one attached hydrogen (secondary N) is 1. The molecule has 3 aromatic carbocycles. The molecule has 0 atom stereocenters. The predicted molar refractivity (Wildman–Crippen MR) is 130 cm³/mol. The summed E-state index contributed by atoms with van der Waals surface area (Å²) >= 11 is 1.62. The highest BCUT2D eigenvalue weighted by molar-refractivity contribution is 7.99. The quantitative estimate of drug-likeness (QED) is 0.234. The van der Waals surface area contributed by atoms with Gasteiger partial charge < -0.3 is 14.8 Å². The van der Waals surface area contributed by atoms with Gasteiger partial charge in [-0.15, -0.1) is 5.10 Å². The lowest BCUT2D eigenvalue weighted by Crippen LogP contribution is -2.16. The molecule has 9 heteroatoms. The maximum Gasteiger partial charge on any atom is 0.214 e. The normalized spacial score (nSPS) is 10.9. The van der Waals surface area contributed by atoms with Crippen LogP contribution in [0, 0.1) is 5.82 Å². The van der Waals surface area contributed by atoms with E-state index in [2.05, 4.69) is 20.8 Å². The van der Waals surface area contributed by atoms with Crippen molar-refractivity contribution in [3.05, 3.63) is 89.7 Å². The third-order valence-electron chi connectivity index (χ3n) is 5.10. The lowest BCUT2D eigenvalue weighted by molar-refractivity contribution is 0.276. The number of benzene rings is 3. The molecule has 176 valence electrons. The standard InChI is InChI=1S/C25H26FN5O2S/c1-32-23-14-7-10-19(24(23)33-18-20-9-5-6-13-22(20)26)17-27-15-8-16-34-25-28-29-30-31(25)21-11-3-2-4-12-21/h2-7,9-14,27H,8,15-18H2,1H3. The Morgan fingerprint density at radius 2 is 1.76 bits per heavy atom. The fourth-order valence-corrected chi connectivity index (χ4v) is 4.20. The van der Waals surface area contributed by atoms with Crippen molar-refractivity contribution in [2.45, 2.75) is 24.7 Å². The fourth-order valence-electron chi connectivity index (χ4n) is 3.37. The molecular formula is C25H26FN5O2S. The maximum atomic E-state index is 14.0. The first-order valence-corrected chi connectivity index (χ1v) is 11.9. The fraction of sp³-hybridized carbons (Fsp3) is 0.240. The predicted octanol–water partition coefficient (Wildman–Crippen LogP) is 4.66. The van der Waals surface area contributed by atoms with E-state index in [9.17, 15) is 4.39 Å². The van der Waals surface area contributed by atoms with Crippen LogP contribution in [0.2, 0.25) is 0 Å². The van der Waals surface area contributed by atoms with E-state index in [0.29, 0.717) is 23.6 Å². The van der Waals surface area contributed by atoms with E-state index in [1.807, 2.05) is 48.5 Å². The molecule has 0 amide bonds. The number of para-hydroxylation sites is 2. The largest absolute Gasteiger partial charge is 0.493 e. The molecule has 0 bridgehead atoms. The Morgan fingerprint density at radius 1 is 0.971 bits per heavy atom. The molecule has 0 fully saturated rings. The molecule has 1 N–H and O–H groups in total. The molecule has 34 heavy (non-hydrogen) atoms. The summed E-state index contributed by atoms with van der Waals surface area (Å²) in [5.74, 6) is 1.83. The van der Waals surface area contributed by atoms with Gasteiger partial charge in [0.25, 0.3) is 0 Å². The number of hydrogen-bond acceptors (Lipinski definition) is 7. The monoisotopic (exact) mass is 479 g/mol. The number of aromatic nitrogens is 4. The molecule has 0 aliphatic heterocycles. The number of halogens is 1. The summed E-state index contributed by atoms with van der Waals surface area (Å²) in [5, 5.41) is 16.2. The van der Waals surface area contributed by atoms with E-state index >= 15 is 0 Å². The van der Waals surface area contributed by atoms with Crippen LogP contribution in [-0.4, -0.2) is 39.6 Å². The Hall–Kier alpha value is -3.43. The van der Waals surface area contributed by atoms with Crippen LogP contribution >= 0.6 is 11.8 Å². The van der Waals surface area contributed by atoms with Crippen LogP contribution in [-0.2, 0) is 13.2 Å². The average Bonchev–Trinajstić information content (AvgIpc) is 3.35. The topological polar surface area (TPSA) is 74.1 Å². The molecule has 0 saturated heterocycles. The molecule has 1 heterocycles. The summed E-state index contributed by atoms with van der Waals surface area (Å²) < 4.78 is 27.2. The Kier molecular flexibility index (Phi) is 8.48. The minimum Gasteiger partial charge on any atom is -0.493 e. The molecule has 0 aliphatic carbocycles. The highest BCUT2D eigenvalue weighted by Gasteiger charge is 2.12. The molecule has 0 radical (unpaired) electrons. The van der Waals surface area contributed by atoms with Gasteiger partial charge in [0.05, 0.1) is 12.8 Å². The lowest BCUT2D eigenvalue weighted by atomic mass is 10.1. The first-order valence-electron chi connectivity index (χ1n) is 11.0. The van der Waals surface area contributed by atoms with Gasteiger partial charge in [-0.2, -0.15) is 4.68 Å². The van der Waals surface area contributed by atoms with Gasteiger partial charge in [0.1, 0.15) is 12.4 Å². The number of ether oxygens (including phenoxy) is 2. The summed E-state index contributed by atoms with van der Waals surface area (Å²) in [6, 6.07) is 22.2. The van der Waals surface area contributed by atoms with Gasteiger partial charge in [0.2, 0.25) is 5.16 Å². The third kappa shape index (κ3) is 6.12. The molecular weight excluding hydrogens is 453 g/mol. The number of hydrogen-bond donors (Lipinski definition) is 1. The van der Waals surface area contributed by atoms with Gasteiger partial charge in [-0.05, 0) is 47.7 Å². The summed E-state index contributed by atoms with van der Waals surface area (Å²) in [5.41, 5.74) is 2.40. The van der Waals surface area contributed by atoms with Crippen molar-refractivity contribution in [1.82, 2.24) is 25.5 Å². The molecule has 0 unspecified atom stereocenters. The molecule has 0 saturated carbocycles. The molecule has 1 aromatic heterocycles. The number of thioether (sulfide) groups is 1. The van der Waals surface area contributed by atoms with E-state index in [0.717, 1.165) is 35.1 Å². The van der Waals surface area contributed by atoms with E-state index in [1.165, 1.54) is 6.07 Å². The Bertz CT molecular complexity index is 1190. The third-order valence-corrected chi connectivity index (χ3v) is 6.10. The second kappa shape index (κ2) is 12.2. The van der Waals surface area contributed by atoms with Crippen LogP contribution in [0.4, 0.5) is 4.39 Å². The number of tetrazole rings is 1. The summed E-state index contributed by atoms with van der Waals surface area (Å²) in [7, 11) is 1.60. The van der Waals surface area contributed by atoms with Gasteiger partial charge in [-0.3, -0.25) is 0 Å². The number of methoxy groups -OCH3 is 1. The van der Waals surface area contributed by atoms with Gasteiger partial charge in [0, 0.05) is 23.4 Å². The first-order chi connectivity index (χ1) is 16.8. The van der Waals surface area contributed by atoms with Crippen molar-refractivity contribution < 1.29 is 13.9 Å². The lowest BCUT2D eigenvalue weighted by Gasteiger charge is -2.16. The maximum absolute atomic E-state index is 14.0. The molecule has 0 aliphatic rings. The van der Waals surface area contributed by atoms with Crippen molar-refractivity contribution >= 4 is 11.8 Å². The highest BCUT2D eigenvalue weighted by atomic mass is 32.2. The van der Waals surface area contributed by atoms with Gasteiger partial charge in [0.15, 0.2) is 11.5 Å². The Balaban J connectivity index is 1.27. The second-order valence-corrected chi connectivity index (χ2v) is 8.48. The summed E-state index contributed by atoms with van der Waals surface area (Å²) in [4.78, 5) is 0. The minimum atomic E-state index is -0.284.